The Hall–Kier alpha value is -1.91. The number of amides is 2. The standard InChI is InChI=1S/C16H24N2O3/c1-11-7-12(2)10-18(9-11)16(19)17-13-5-6-14(20-3)15(8-13)21-4/h5-6,8,11-12H,7,9-10H2,1-4H3,(H,17,19)/t11-,12-/m0/s1. The van der Waals surface area contributed by atoms with Gasteiger partial charge < -0.3 is 19.7 Å². The molecule has 0 radical (unpaired) electrons. The highest BCUT2D eigenvalue weighted by Gasteiger charge is 2.25. The number of anilines is 1. The lowest BCUT2D eigenvalue weighted by Gasteiger charge is -2.34. The van der Waals surface area contributed by atoms with Gasteiger partial charge in [-0.05, 0) is 30.4 Å². The summed E-state index contributed by atoms with van der Waals surface area (Å²) in [5, 5.41) is 2.93. The molecule has 0 bridgehead atoms. The normalized spacial score (nSPS) is 21.8. The Bertz CT molecular complexity index is 494. The lowest BCUT2D eigenvalue weighted by Crippen LogP contribution is -2.44. The molecule has 2 atom stereocenters. The Morgan fingerprint density at radius 2 is 1.76 bits per heavy atom. The van der Waals surface area contributed by atoms with Crippen LogP contribution in [0.2, 0.25) is 0 Å². The molecule has 21 heavy (non-hydrogen) atoms. The maximum absolute atomic E-state index is 12.4. The third-order valence-electron chi connectivity index (χ3n) is 3.79. The average molecular weight is 292 g/mol. The van der Waals surface area contributed by atoms with Crippen molar-refractivity contribution in [2.45, 2.75) is 20.3 Å². The van der Waals surface area contributed by atoms with Gasteiger partial charge in [0.05, 0.1) is 14.2 Å². The number of hydrogen-bond donors (Lipinski definition) is 1. The minimum Gasteiger partial charge on any atom is -0.493 e. The quantitative estimate of drug-likeness (QED) is 0.930. The van der Waals surface area contributed by atoms with Gasteiger partial charge in [0.1, 0.15) is 0 Å². The number of rotatable bonds is 3. The van der Waals surface area contributed by atoms with Gasteiger partial charge in [-0.15, -0.1) is 0 Å². The third-order valence-corrected chi connectivity index (χ3v) is 3.79. The van der Waals surface area contributed by atoms with Gasteiger partial charge in [0, 0.05) is 24.8 Å². The number of carbonyl (C=O) groups excluding carboxylic acids is 1. The highest BCUT2D eigenvalue weighted by atomic mass is 16.5. The maximum atomic E-state index is 12.4. The van der Waals surface area contributed by atoms with Crippen molar-refractivity contribution in [3.8, 4) is 11.5 Å². The Labute approximate surface area is 126 Å². The predicted octanol–water partition coefficient (Wildman–Crippen LogP) is 3.21. The number of nitrogens with zero attached hydrogens (tertiary/aromatic N) is 1. The molecule has 1 aromatic carbocycles. The molecule has 2 rings (SSSR count). The first kappa shape index (κ1) is 15.5. The third kappa shape index (κ3) is 3.80. The van der Waals surface area contributed by atoms with Crippen molar-refractivity contribution in [1.29, 1.82) is 0 Å². The highest BCUT2D eigenvalue weighted by Crippen LogP contribution is 2.30. The van der Waals surface area contributed by atoms with Crippen LogP contribution in [0.5, 0.6) is 11.5 Å². The van der Waals surface area contributed by atoms with Crippen LogP contribution >= 0.6 is 0 Å². The van der Waals surface area contributed by atoms with Crippen LogP contribution in [0.25, 0.3) is 0 Å². The number of nitrogens with one attached hydrogen (secondary N) is 1. The van der Waals surface area contributed by atoms with Crippen molar-refractivity contribution < 1.29 is 14.3 Å². The van der Waals surface area contributed by atoms with E-state index in [2.05, 4.69) is 19.2 Å². The first-order valence-electron chi connectivity index (χ1n) is 7.31. The number of ether oxygens (including phenoxy) is 2. The van der Waals surface area contributed by atoms with Gasteiger partial charge >= 0.3 is 6.03 Å². The number of hydrogen-bond acceptors (Lipinski definition) is 3. The molecule has 1 fully saturated rings. The molecule has 1 aliphatic heterocycles. The molecule has 0 unspecified atom stereocenters. The minimum atomic E-state index is -0.0550. The number of piperidine rings is 1. The summed E-state index contributed by atoms with van der Waals surface area (Å²) in [5.41, 5.74) is 0.712. The second kappa shape index (κ2) is 6.70. The molecule has 5 heteroatoms. The summed E-state index contributed by atoms with van der Waals surface area (Å²) in [7, 11) is 3.17. The Morgan fingerprint density at radius 1 is 1.14 bits per heavy atom. The average Bonchev–Trinajstić information content (AvgIpc) is 2.46. The summed E-state index contributed by atoms with van der Waals surface area (Å²) in [6.45, 7) is 5.99. The molecular formula is C16H24N2O3. The van der Waals surface area contributed by atoms with Gasteiger partial charge in [0.2, 0.25) is 0 Å². The zero-order chi connectivity index (χ0) is 15.4. The van der Waals surface area contributed by atoms with Gasteiger partial charge in [-0.2, -0.15) is 0 Å². The van der Waals surface area contributed by atoms with E-state index < -0.39 is 0 Å². The molecule has 2 amide bonds. The van der Waals surface area contributed by atoms with Crippen molar-refractivity contribution >= 4 is 11.7 Å². The molecule has 1 N–H and O–H groups in total. The molecule has 0 aliphatic carbocycles. The van der Waals surface area contributed by atoms with Crippen LogP contribution in [0.3, 0.4) is 0 Å². The number of methoxy groups -OCH3 is 2. The van der Waals surface area contributed by atoms with Crippen LogP contribution < -0.4 is 14.8 Å². The molecule has 1 aliphatic rings. The lowest BCUT2D eigenvalue weighted by atomic mass is 9.92. The van der Waals surface area contributed by atoms with Gasteiger partial charge in [-0.3, -0.25) is 0 Å². The maximum Gasteiger partial charge on any atom is 0.321 e. The van der Waals surface area contributed by atoms with Crippen LogP contribution in [0.4, 0.5) is 10.5 Å². The number of benzene rings is 1. The molecule has 0 aromatic heterocycles. The largest absolute Gasteiger partial charge is 0.493 e. The lowest BCUT2D eigenvalue weighted by molar-refractivity contribution is 0.156. The SMILES string of the molecule is COc1ccc(NC(=O)N2C[C@@H](C)C[C@H](C)C2)cc1OC. The summed E-state index contributed by atoms with van der Waals surface area (Å²) >= 11 is 0. The van der Waals surface area contributed by atoms with E-state index in [-0.39, 0.29) is 6.03 Å². The van der Waals surface area contributed by atoms with E-state index in [0.29, 0.717) is 29.0 Å². The van der Waals surface area contributed by atoms with Crippen molar-refractivity contribution in [3.05, 3.63) is 18.2 Å². The van der Waals surface area contributed by atoms with E-state index in [1.54, 1.807) is 26.4 Å². The van der Waals surface area contributed by atoms with Gasteiger partial charge in [-0.25, -0.2) is 4.79 Å². The Morgan fingerprint density at radius 3 is 2.33 bits per heavy atom. The first-order chi connectivity index (χ1) is 10.0. The fourth-order valence-electron chi connectivity index (χ4n) is 2.95. The van der Waals surface area contributed by atoms with E-state index in [4.69, 9.17) is 9.47 Å². The van der Waals surface area contributed by atoms with E-state index in [1.165, 1.54) is 6.42 Å². The molecule has 1 aromatic rings. The van der Waals surface area contributed by atoms with Crippen molar-refractivity contribution in [3.63, 3.8) is 0 Å². The monoisotopic (exact) mass is 292 g/mol. The van der Waals surface area contributed by atoms with Crippen LogP contribution in [-0.2, 0) is 0 Å². The van der Waals surface area contributed by atoms with Crippen LogP contribution in [0, 0.1) is 11.8 Å². The van der Waals surface area contributed by atoms with Crippen LogP contribution in [-0.4, -0.2) is 38.2 Å². The van der Waals surface area contributed by atoms with Crippen LogP contribution in [0.15, 0.2) is 18.2 Å². The zero-order valence-electron chi connectivity index (χ0n) is 13.2. The fourth-order valence-corrected chi connectivity index (χ4v) is 2.95. The van der Waals surface area contributed by atoms with Gasteiger partial charge in [0.15, 0.2) is 11.5 Å². The molecule has 1 saturated heterocycles. The predicted molar refractivity (Wildman–Crippen MR) is 83.1 cm³/mol. The number of likely N-dealkylation sites (tertiary alicyclic amines) is 1. The smallest absolute Gasteiger partial charge is 0.321 e. The van der Waals surface area contributed by atoms with E-state index in [9.17, 15) is 4.79 Å². The van der Waals surface area contributed by atoms with Gasteiger partial charge in [-0.1, -0.05) is 13.8 Å². The summed E-state index contributed by atoms with van der Waals surface area (Å²) < 4.78 is 10.4. The molecule has 0 spiro atoms. The molecular weight excluding hydrogens is 268 g/mol. The van der Waals surface area contributed by atoms with Crippen LogP contribution in [0.1, 0.15) is 20.3 Å². The Balaban J connectivity index is 2.05. The summed E-state index contributed by atoms with van der Waals surface area (Å²) in [6.07, 6.45) is 1.18. The molecule has 5 nitrogen and oxygen atoms in total. The minimum absolute atomic E-state index is 0.0550. The topological polar surface area (TPSA) is 50.8 Å². The second-order valence-electron chi connectivity index (χ2n) is 5.85. The van der Waals surface area contributed by atoms with Crippen molar-refractivity contribution in [2.75, 3.05) is 32.6 Å². The van der Waals surface area contributed by atoms with E-state index >= 15 is 0 Å². The molecule has 0 saturated carbocycles. The Kier molecular flexibility index (Phi) is 4.94. The zero-order valence-corrected chi connectivity index (χ0v) is 13.2. The molecule has 1 heterocycles. The second-order valence-corrected chi connectivity index (χ2v) is 5.85. The summed E-state index contributed by atoms with van der Waals surface area (Å²) in [5.74, 6) is 2.35. The summed E-state index contributed by atoms with van der Waals surface area (Å²) in [6, 6.07) is 5.32. The van der Waals surface area contributed by atoms with Gasteiger partial charge in [0.25, 0.3) is 0 Å². The first-order valence-corrected chi connectivity index (χ1v) is 7.31. The fraction of sp³-hybridized carbons (Fsp3) is 0.562. The number of urea groups is 1. The molecule has 116 valence electrons. The van der Waals surface area contributed by atoms with E-state index in [1.807, 2.05) is 11.0 Å². The number of carbonyl (C=O) groups is 1. The van der Waals surface area contributed by atoms with E-state index in [0.717, 1.165) is 13.1 Å². The van der Waals surface area contributed by atoms with Crippen molar-refractivity contribution in [1.82, 2.24) is 4.90 Å². The van der Waals surface area contributed by atoms with Crippen molar-refractivity contribution in [2.24, 2.45) is 11.8 Å². The summed E-state index contributed by atoms with van der Waals surface area (Å²) in [4.78, 5) is 14.2. The highest BCUT2D eigenvalue weighted by molar-refractivity contribution is 5.89.